The van der Waals surface area contributed by atoms with Crippen LogP contribution in [0.1, 0.15) is 40.7 Å². The first-order valence-electron chi connectivity index (χ1n) is 7.18. The molecule has 1 aromatic carbocycles. The number of amides is 1. The molecular formula is C16H17FN2O3. The van der Waals surface area contributed by atoms with Gasteiger partial charge in [-0.2, -0.15) is 0 Å². The highest BCUT2D eigenvalue weighted by atomic mass is 19.1. The minimum atomic E-state index is -0.630. The quantitative estimate of drug-likeness (QED) is 0.874. The first-order valence-corrected chi connectivity index (χ1v) is 7.18. The summed E-state index contributed by atoms with van der Waals surface area (Å²) in [4.78, 5) is 14.3. The maximum absolute atomic E-state index is 14.3. The van der Waals surface area contributed by atoms with Crippen molar-refractivity contribution in [3.8, 4) is 5.75 Å². The van der Waals surface area contributed by atoms with Crippen LogP contribution in [-0.4, -0.2) is 29.6 Å². The number of likely N-dealkylation sites (tertiary alicyclic amines) is 1. The number of halogens is 1. The van der Waals surface area contributed by atoms with E-state index in [0.717, 1.165) is 18.5 Å². The SMILES string of the molecule is COc1cccc(C(=O)N2CCCC2c2cc(C)no2)c1F. The molecule has 0 saturated carbocycles. The Bertz CT molecular complexity index is 698. The van der Waals surface area contributed by atoms with Gasteiger partial charge in [0.15, 0.2) is 17.3 Å². The summed E-state index contributed by atoms with van der Waals surface area (Å²) in [7, 11) is 1.38. The molecule has 22 heavy (non-hydrogen) atoms. The highest BCUT2D eigenvalue weighted by Crippen LogP contribution is 2.34. The normalized spacial score (nSPS) is 17.8. The Labute approximate surface area is 127 Å². The number of hydrogen-bond acceptors (Lipinski definition) is 4. The van der Waals surface area contributed by atoms with Gasteiger partial charge in [-0.1, -0.05) is 11.2 Å². The number of carbonyl (C=O) groups is 1. The number of methoxy groups -OCH3 is 1. The van der Waals surface area contributed by atoms with Crippen molar-refractivity contribution < 1.29 is 18.4 Å². The molecule has 2 heterocycles. The standard InChI is InChI=1S/C16H17FN2O3/c1-10-9-14(22-18-10)12-6-4-8-19(12)16(20)11-5-3-7-13(21-2)15(11)17/h3,5,7,9,12H,4,6,8H2,1-2H3. The second-order valence-electron chi connectivity index (χ2n) is 5.35. The van der Waals surface area contributed by atoms with E-state index in [1.54, 1.807) is 11.0 Å². The largest absolute Gasteiger partial charge is 0.494 e. The molecule has 0 N–H and O–H groups in total. The average molecular weight is 304 g/mol. The number of ether oxygens (including phenoxy) is 1. The highest BCUT2D eigenvalue weighted by Gasteiger charge is 2.34. The van der Waals surface area contributed by atoms with Crippen LogP contribution in [0.2, 0.25) is 0 Å². The van der Waals surface area contributed by atoms with Crippen molar-refractivity contribution in [1.82, 2.24) is 10.1 Å². The summed E-state index contributed by atoms with van der Waals surface area (Å²) in [6, 6.07) is 6.20. The molecule has 1 fully saturated rings. The predicted octanol–water partition coefficient (Wildman–Crippen LogP) is 3.11. The molecule has 1 aliphatic rings. The molecule has 1 aromatic heterocycles. The molecule has 1 saturated heterocycles. The lowest BCUT2D eigenvalue weighted by molar-refractivity contribution is 0.0709. The predicted molar refractivity (Wildman–Crippen MR) is 77.2 cm³/mol. The lowest BCUT2D eigenvalue weighted by Gasteiger charge is -2.23. The van der Waals surface area contributed by atoms with E-state index < -0.39 is 5.82 Å². The molecule has 2 aromatic rings. The maximum Gasteiger partial charge on any atom is 0.257 e. The van der Waals surface area contributed by atoms with E-state index >= 15 is 0 Å². The summed E-state index contributed by atoms with van der Waals surface area (Å²) < 4.78 is 24.5. The van der Waals surface area contributed by atoms with E-state index in [1.165, 1.54) is 19.2 Å². The summed E-state index contributed by atoms with van der Waals surface area (Å²) in [6.45, 7) is 2.40. The smallest absolute Gasteiger partial charge is 0.257 e. The van der Waals surface area contributed by atoms with Gasteiger partial charge in [-0.15, -0.1) is 0 Å². The molecule has 116 valence electrons. The van der Waals surface area contributed by atoms with Crippen LogP contribution in [0.5, 0.6) is 5.75 Å². The topological polar surface area (TPSA) is 55.6 Å². The summed E-state index contributed by atoms with van der Waals surface area (Å²) >= 11 is 0. The molecule has 0 spiro atoms. The van der Waals surface area contributed by atoms with E-state index in [0.29, 0.717) is 12.3 Å². The number of nitrogens with zero attached hydrogens (tertiary/aromatic N) is 2. The number of benzene rings is 1. The maximum atomic E-state index is 14.3. The van der Waals surface area contributed by atoms with Crippen LogP contribution < -0.4 is 4.74 Å². The summed E-state index contributed by atoms with van der Waals surface area (Å²) in [5.74, 6) is -0.272. The van der Waals surface area contributed by atoms with Crippen LogP contribution >= 0.6 is 0 Å². The van der Waals surface area contributed by atoms with Gasteiger partial charge in [-0.25, -0.2) is 4.39 Å². The molecule has 5 nitrogen and oxygen atoms in total. The van der Waals surface area contributed by atoms with Crippen molar-refractivity contribution in [2.24, 2.45) is 0 Å². The third-order valence-electron chi connectivity index (χ3n) is 3.90. The summed E-state index contributed by atoms with van der Waals surface area (Å²) in [5, 5.41) is 3.87. The van der Waals surface area contributed by atoms with Gasteiger partial charge in [-0.3, -0.25) is 4.79 Å². The van der Waals surface area contributed by atoms with Crippen LogP contribution in [-0.2, 0) is 0 Å². The van der Waals surface area contributed by atoms with Crippen LogP contribution in [0, 0.1) is 12.7 Å². The number of aryl methyl sites for hydroxylation is 1. The van der Waals surface area contributed by atoms with Crippen molar-refractivity contribution in [2.75, 3.05) is 13.7 Å². The van der Waals surface area contributed by atoms with E-state index in [9.17, 15) is 9.18 Å². The molecule has 3 rings (SSSR count). The van der Waals surface area contributed by atoms with Crippen LogP contribution in [0.25, 0.3) is 0 Å². The van der Waals surface area contributed by atoms with Gasteiger partial charge in [0, 0.05) is 12.6 Å². The molecule has 1 amide bonds. The van der Waals surface area contributed by atoms with Crippen molar-refractivity contribution in [3.05, 3.63) is 47.1 Å². The third kappa shape index (κ3) is 2.45. The van der Waals surface area contributed by atoms with Gasteiger partial charge in [-0.05, 0) is 31.9 Å². The number of carbonyl (C=O) groups excluding carboxylic acids is 1. The molecule has 1 unspecified atom stereocenters. The van der Waals surface area contributed by atoms with Crippen molar-refractivity contribution >= 4 is 5.91 Å². The van der Waals surface area contributed by atoms with E-state index in [1.807, 2.05) is 13.0 Å². The fourth-order valence-electron chi connectivity index (χ4n) is 2.83. The summed E-state index contributed by atoms with van der Waals surface area (Å²) in [5.41, 5.74) is 0.782. The van der Waals surface area contributed by atoms with Crippen molar-refractivity contribution in [1.29, 1.82) is 0 Å². The lowest BCUT2D eigenvalue weighted by atomic mass is 10.1. The first-order chi connectivity index (χ1) is 10.6. The fraction of sp³-hybridized carbons (Fsp3) is 0.375. The Balaban J connectivity index is 1.91. The fourth-order valence-corrected chi connectivity index (χ4v) is 2.83. The molecule has 0 radical (unpaired) electrons. The van der Waals surface area contributed by atoms with Gasteiger partial charge >= 0.3 is 0 Å². The molecular weight excluding hydrogens is 287 g/mol. The molecule has 0 bridgehead atoms. The highest BCUT2D eigenvalue weighted by molar-refractivity contribution is 5.95. The Kier molecular flexibility index (Phi) is 3.83. The summed E-state index contributed by atoms with van der Waals surface area (Å²) in [6.07, 6.45) is 1.63. The zero-order valence-corrected chi connectivity index (χ0v) is 12.5. The molecule has 1 atom stereocenters. The zero-order chi connectivity index (χ0) is 15.7. The minimum Gasteiger partial charge on any atom is -0.494 e. The van der Waals surface area contributed by atoms with Gasteiger partial charge in [0.1, 0.15) is 0 Å². The first kappa shape index (κ1) is 14.6. The van der Waals surface area contributed by atoms with Crippen LogP contribution in [0.3, 0.4) is 0 Å². The average Bonchev–Trinajstić information content (AvgIpc) is 3.15. The van der Waals surface area contributed by atoms with Crippen molar-refractivity contribution in [2.45, 2.75) is 25.8 Å². The van der Waals surface area contributed by atoms with Crippen molar-refractivity contribution in [3.63, 3.8) is 0 Å². The van der Waals surface area contributed by atoms with Crippen LogP contribution in [0.15, 0.2) is 28.8 Å². The Morgan fingerprint density at radius 2 is 2.32 bits per heavy atom. The zero-order valence-electron chi connectivity index (χ0n) is 12.5. The lowest BCUT2D eigenvalue weighted by Crippen LogP contribution is -2.31. The monoisotopic (exact) mass is 304 g/mol. The Morgan fingerprint density at radius 1 is 1.50 bits per heavy atom. The number of aromatic nitrogens is 1. The van der Waals surface area contributed by atoms with Gasteiger partial charge < -0.3 is 14.2 Å². The molecule has 6 heteroatoms. The van der Waals surface area contributed by atoms with Gasteiger partial charge in [0.25, 0.3) is 5.91 Å². The third-order valence-corrected chi connectivity index (χ3v) is 3.90. The van der Waals surface area contributed by atoms with Gasteiger partial charge in [0.05, 0.1) is 24.4 Å². The van der Waals surface area contributed by atoms with Crippen LogP contribution in [0.4, 0.5) is 4.39 Å². The second-order valence-corrected chi connectivity index (χ2v) is 5.35. The van der Waals surface area contributed by atoms with E-state index in [2.05, 4.69) is 5.16 Å². The number of hydrogen-bond donors (Lipinski definition) is 0. The molecule has 1 aliphatic heterocycles. The number of rotatable bonds is 3. The molecule has 0 aliphatic carbocycles. The minimum absolute atomic E-state index is 0.0162. The van der Waals surface area contributed by atoms with Gasteiger partial charge in [0.2, 0.25) is 0 Å². The van der Waals surface area contributed by atoms with E-state index in [4.69, 9.17) is 9.26 Å². The Morgan fingerprint density at radius 3 is 3.00 bits per heavy atom. The Hall–Kier alpha value is -2.37. The second kappa shape index (κ2) is 5.79. The van der Waals surface area contributed by atoms with E-state index in [-0.39, 0.29) is 23.3 Å².